The summed E-state index contributed by atoms with van der Waals surface area (Å²) < 4.78 is 3.25. The molecule has 0 N–H and O–H groups in total. The highest BCUT2D eigenvalue weighted by atomic mass is 127. The summed E-state index contributed by atoms with van der Waals surface area (Å²) in [6.45, 7) is 0. The zero-order chi connectivity index (χ0) is 7.68. The fourth-order valence-electron chi connectivity index (χ4n) is 1.24. The van der Waals surface area contributed by atoms with E-state index in [1.165, 1.54) is 10.9 Å². The van der Waals surface area contributed by atoms with Crippen LogP contribution in [0.25, 0.3) is 10.9 Å². The second-order valence-corrected chi connectivity index (χ2v) is 3.15. The fourth-order valence-corrected chi connectivity index (χ4v) is 1.84. The lowest BCUT2D eigenvalue weighted by atomic mass is 10.2. The number of benzene rings is 1. The smallest absolute Gasteiger partial charge is 0.0742 e. The van der Waals surface area contributed by atoms with Crippen LogP contribution in [0, 0.1) is 0 Å². The van der Waals surface area contributed by atoms with Crippen LogP contribution in [0.3, 0.4) is 0 Å². The maximum absolute atomic E-state index is 2.36. The first-order valence-electron chi connectivity index (χ1n) is 3.51. The Hall–Kier alpha value is -0.510. The number of halogens is 1. The zero-order valence-corrected chi connectivity index (χ0v) is 8.15. The molecule has 1 heterocycles. The van der Waals surface area contributed by atoms with Gasteiger partial charge in [0.15, 0.2) is 0 Å². The molecular formula is C9H8IN. The minimum Gasteiger partial charge on any atom is -0.338 e. The average molecular weight is 257 g/mol. The van der Waals surface area contributed by atoms with Crippen molar-refractivity contribution in [2.75, 3.05) is 0 Å². The van der Waals surface area contributed by atoms with Gasteiger partial charge in [-0.15, -0.1) is 0 Å². The molecule has 0 aliphatic rings. The third-order valence-electron chi connectivity index (χ3n) is 1.81. The van der Waals surface area contributed by atoms with Gasteiger partial charge in [-0.2, -0.15) is 0 Å². The molecule has 1 aromatic carbocycles. The second-order valence-electron chi connectivity index (χ2n) is 2.46. The molecule has 1 aromatic heterocycles. The Kier molecular flexibility index (Phi) is 1.85. The molecule has 1 nitrogen and oxygen atoms in total. The molecule has 0 fully saturated rings. The van der Waals surface area contributed by atoms with Gasteiger partial charge < -0.3 is 4.57 Å². The zero-order valence-electron chi connectivity index (χ0n) is 6.00. The minimum absolute atomic E-state index is 1.02. The average Bonchev–Trinajstić information content (AvgIpc) is 2.47. The van der Waals surface area contributed by atoms with Crippen molar-refractivity contribution in [3.05, 3.63) is 36.5 Å². The van der Waals surface area contributed by atoms with Gasteiger partial charge in [-0.1, -0.05) is 40.8 Å². The summed E-state index contributed by atoms with van der Waals surface area (Å²) in [7, 11) is 0. The van der Waals surface area contributed by atoms with E-state index < -0.39 is 0 Å². The second kappa shape index (κ2) is 2.85. The van der Waals surface area contributed by atoms with Crippen molar-refractivity contribution >= 4 is 33.5 Å². The lowest BCUT2D eigenvalue weighted by Gasteiger charge is -1.96. The normalized spacial score (nSPS) is 10.6. The number of aromatic nitrogens is 1. The number of nitrogens with zero attached hydrogens (tertiary/aromatic N) is 1. The van der Waals surface area contributed by atoms with Gasteiger partial charge in [0.2, 0.25) is 0 Å². The van der Waals surface area contributed by atoms with Crippen molar-refractivity contribution in [3.63, 3.8) is 0 Å². The van der Waals surface area contributed by atoms with Gasteiger partial charge in [-0.05, 0) is 17.5 Å². The summed E-state index contributed by atoms with van der Waals surface area (Å²) in [6.07, 6.45) is 2.12. The van der Waals surface area contributed by atoms with Gasteiger partial charge in [0.1, 0.15) is 0 Å². The molecule has 0 radical (unpaired) electrons. The van der Waals surface area contributed by atoms with Crippen LogP contribution >= 0.6 is 22.6 Å². The molecule has 0 unspecified atom stereocenters. The molecule has 2 heteroatoms. The third kappa shape index (κ3) is 1.15. The van der Waals surface area contributed by atoms with Crippen LogP contribution in [0.4, 0.5) is 0 Å². The van der Waals surface area contributed by atoms with Crippen LogP contribution < -0.4 is 0 Å². The van der Waals surface area contributed by atoms with Crippen LogP contribution in [-0.4, -0.2) is 4.57 Å². The predicted octanol–water partition coefficient (Wildman–Crippen LogP) is 3.03. The van der Waals surface area contributed by atoms with Crippen molar-refractivity contribution < 1.29 is 0 Å². The summed E-state index contributed by atoms with van der Waals surface area (Å²) in [5.74, 6) is 0. The van der Waals surface area contributed by atoms with Crippen LogP contribution in [0.15, 0.2) is 36.5 Å². The molecule has 2 rings (SSSR count). The van der Waals surface area contributed by atoms with E-state index >= 15 is 0 Å². The molecule has 0 spiro atoms. The largest absolute Gasteiger partial charge is 0.338 e. The standard InChI is InChI=1S/C9H8IN/c10-7-11-6-5-8-3-1-2-4-9(8)11/h1-6H,7H2. The summed E-state index contributed by atoms with van der Waals surface area (Å²) in [6, 6.07) is 10.6. The molecule has 0 saturated carbocycles. The predicted molar refractivity (Wildman–Crippen MR) is 56.0 cm³/mol. The van der Waals surface area contributed by atoms with Crippen LogP contribution in [0.5, 0.6) is 0 Å². The van der Waals surface area contributed by atoms with E-state index in [0.717, 1.165) is 4.55 Å². The minimum atomic E-state index is 1.02. The quantitative estimate of drug-likeness (QED) is 0.546. The van der Waals surface area contributed by atoms with Crippen molar-refractivity contribution in [3.8, 4) is 0 Å². The number of rotatable bonds is 1. The summed E-state index contributed by atoms with van der Waals surface area (Å²) in [5, 5.41) is 1.32. The summed E-state index contributed by atoms with van der Waals surface area (Å²) in [5.41, 5.74) is 1.32. The van der Waals surface area contributed by atoms with Gasteiger partial charge >= 0.3 is 0 Å². The van der Waals surface area contributed by atoms with Gasteiger partial charge in [0.25, 0.3) is 0 Å². The summed E-state index contributed by atoms with van der Waals surface area (Å²) in [4.78, 5) is 0. The number of para-hydroxylation sites is 1. The Bertz CT molecular complexity index is 364. The maximum Gasteiger partial charge on any atom is 0.0742 e. The topological polar surface area (TPSA) is 4.93 Å². The first-order valence-corrected chi connectivity index (χ1v) is 5.04. The van der Waals surface area contributed by atoms with Gasteiger partial charge in [-0.25, -0.2) is 0 Å². The summed E-state index contributed by atoms with van der Waals surface area (Å²) >= 11 is 2.36. The number of hydrogen-bond acceptors (Lipinski definition) is 0. The molecule has 56 valence electrons. The fraction of sp³-hybridized carbons (Fsp3) is 0.111. The first-order chi connectivity index (χ1) is 5.42. The van der Waals surface area contributed by atoms with E-state index in [9.17, 15) is 0 Å². The van der Waals surface area contributed by atoms with Crippen molar-refractivity contribution in [2.24, 2.45) is 0 Å². The van der Waals surface area contributed by atoms with Gasteiger partial charge in [0, 0.05) is 11.7 Å². The van der Waals surface area contributed by atoms with E-state index in [1.807, 2.05) is 0 Å². The lowest BCUT2D eigenvalue weighted by molar-refractivity contribution is 0.969. The Labute approximate surface area is 79.2 Å². The molecule has 0 bridgehead atoms. The van der Waals surface area contributed by atoms with Crippen LogP contribution in [0.2, 0.25) is 0 Å². The number of hydrogen-bond donors (Lipinski definition) is 0. The van der Waals surface area contributed by atoms with E-state index in [2.05, 4.69) is 63.7 Å². The van der Waals surface area contributed by atoms with Crippen molar-refractivity contribution in [1.29, 1.82) is 0 Å². The first kappa shape index (κ1) is 7.16. The maximum atomic E-state index is 2.36. The monoisotopic (exact) mass is 257 g/mol. The molecule has 11 heavy (non-hydrogen) atoms. The molecular weight excluding hydrogens is 249 g/mol. The van der Waals surface area contributed by atoms with E-state index in [0.29, 0.717) is 0 Å². The van der Waals surface area contributed by atoms with E-state index in [4.69, 9.17) is 0 Å². The van der Waals surface area contributed by atoms with Crippen molar-refractivity contribution in [2.45, 2.75) is 4.55 Å². The highest BCUT2D eigenvalue weighted by molar-refractivity contribution is 14.1. The Morgan fingerprint density at radius 1 is 1.18 bits per heavy atom. The lowest BCUT2D eigenvalue weighted by Crippen LogP contribution is -1.86. The molecule has 2 aromatic rings. The van der Waals surface area contributed by atoms with Gasteiger partial charge in [0.05, 0.1) is 4.55 Å². The number of fused-ring (bicyclic) bond motifs is 1. The highest BCUT2D eigenvalue weighted by Gasteiger charge is 1.95. The Morgan fingerprint density at radius 2 is 2.00 bits per heavy atom. The molecule has 0 amide bonds. The van der Waals surface area contributed by atoms with E-state index in [1.54, 1.807) is 0 Å². The highest BCUT2D eigenvalue weighted by Crippen LogP contribution is 2.15. The van der Waals surface area contributed by atoms with E-state index in [-0.39, 0.29) is 0 Å². The van der Waals surface area contributed by atoms with Crippen LogP contribution in [0.1, 0.15) is 0 Å². The SMILES string of the molecule is ICn1ccc2ccccc21. The van der Waals surface area contributed by atoms with Crippen LogP contribution in [-0.2, 0) is 4.55 Å². The molecule has 0 aliphatic heterocycles. The van der Waals surface area contributed by atoms with Gasteiger partial charge in [-0.3, -0.25) is 0 Å². The third-order valence-corrected chi connectivity index (χ3v) is 2.54. The Morgan fingerprint density at radius 3 is 2.82 bits per heavy atom. The molecule has 0 atom stereocenters. The Balaban J connectivity index is 2.76. The molecule has 0 saturated heterocycles. The molecule has 0 aliphatic carbocycles. The van der Waals surface area contributed by atoms with Crippen molar-refractivity contribution in [1.82, 2.24) is 4.57 Å². The number of alkyl halides is 1.